The second-order valence-electron chi connectivity index (χ2n) is 6.69. The number of fused-ring (bicyclic) bond motifs is 1. The van der Waals surface area contributed by atoms with Gasteiger partial charge in [0.15, 0.2) is 17.8 Å². The van der Waals surface area contributed by atoms with E-state index in [4.69, 9.17) is 4.74 Å². The molecule has 9 heteroatoms. The van der Waals surface area contributed by atoms with Crippen LogP contribution in [0.4, 0.5) is 10.2 Å². The number of anilines is 1. The van der Waals surface area contributed by atoms with Gasteiger partial charge in [-0.25, -0.2) is 9.67 Å². The van der Waals surface area contributed by atoms with Crippen molar-refractivity contribution in [1.82, 2.24) is 20.1 Å². The van der Waals surface area contributed by atoms with Gasteiger partial charge in [0.1, 0.15) is 18.3 Å². The fourth-order valence-corrected chi connectivity index (χ4v) is 3.14. The standard InChI is InChI=1S/C20H20FN5O3/c1-25-18-16(8-5-9-22-18)29-12-15(20(25)28)23-19(27)14-10-17(21)26(24-14)11-13-6-3-2-4-7-13/h2-10,15,19,23,27H,11-12H2,1H3/t15-,19?/m0/s1. The molecule has 0 spiro atoms. The number of aliphatic hydroxyl groups is 1. The number of benzene rings is 1. The van der Waals surface area contributed by atoms with Crippen molar-refractivity contribution in [2.75, 3.05) is 18.6 Å². The number of amides is 1. The number of rotatable bonds is 5. The molecule has 3 heterocycles. The van der Waals surface area contributed by atoms with Crippen LogP contribution in [0, 0.1) is 5.95 Å². The molecule has 8 nitrogen and oxygen atoms in total. The first-order valence-electron chi connectivity index (χ1n) is 9.09. The molecule has 1 aliphatic heterocycles. The molecular weight excluding hydrogens is 377 g/mol. The molecule has 2 atom stereocenters. The Bertz CT molecular complexity index is 1010. The average Bonchev–Trinajstić information content (AvgIpc) is 3.06. The number of carbonyl (C=O) groups is 1. The van der Waals surface area contributed by atoms with Gasteiger partial charge < -0.3 is 9.84 Å². The van der Waals surface area contributed by atoms with E-state index >= 15 is 0 Å². The van der Waals surface area contributed by atoms with Gasteiger partial charge in [-0.15, -0.1) is 0 Å². The van der Waals surface area contributed by atoms with Gasteiger partial charge in [-0.2, -0.15) is 9.49 Å². The third-order valence-electron chi connectivity index (χ3n) is 4.67. The highest BCUT2D eigenvalue weighted by Crippen LogP contribution is 2.27. The molecular formula is C20H20FN5O3. The van der Waals surface area contributed by atoms with E-state index in [1.165, 1.54) is 4.90 Å². The maximum Gasteiger partial charge on any atom is 0.248 e. The molecule has 29 heavy (non-hydrogen) atoms. The Kier molecular flexibility index (Phi) is 5.24. The summed E-state index contributed by atoms with van der Waals surface area (Å²) >= 11 is 0. The predicted octanol–water partition coefficient (Wildman–Crippen LogP) is 1.47. The minimum Gasteiger partial charge on any atom is -0.488 e. The summed E-state index contributed by atoms with van der Waals surface area (Å²) in [7, 11) is 1.58. The highest BCUT2D eigenvalue weighted by molar-refractivity contribution is 5.97. The van der Waals surface area contributed by atoms with Crippen LogP contribution in [0.25, 0.3) is 0 Å². The van der Waals surface area contributed by atoms with E-state index in [1.807, 2.05) is 30.3 Å². The lowest BCUT2D eigenvalue weighted by molar-refractivity contribution is -0.121. The number of hydrogen-bond donors (Lipinski definition) is 2. The van der Waals surface area contributed by atoms with Gasteiger partial charge in [0, 0.05) is 19.3 Å². The Morgan fingerprint density at radius 2 is 2.10 bits per heavy atom. The number of aliphatic hydroxyl groups excluding tert-OH is 1. The minimum atomic E-state index is -1.35. The average molecular weight is 397 g/mol. The van der Waals surface area contributed by atoms with Gasteiger partial charge in [-0.05, 0) is 17.7 Å². The van der Waals surface area contributed by atoms with Crippen LogP contribution in [0.3, 0.4) is 0 Å². The van der Waals surface area contributed by atoms with Crippen molar-refractivity contribution < 1.29 is 19.0 Å². The summed E-state index contributed by atoms with van der Waals surface area (Å²) in [6.45, 7) is 0.223. The van der Waals surface area contributed by atoms with Crippen LogP contribution in [0.15, 0.2) is 54.7 Å². The zero-order chi connectivity index (χ0) is 20.4. The van der Waals surface area contributed by atoms with Crippen LogP contribution in [0.1, 0.15) is 17.5 Å². The normalized spacial score (nSPS) is 17.4. The highest BCUT2D eigenvalue weighted by Gasteiger charge is 2.32. The van der Waals surface area contributed by atoms with Crippen LogP contribution in [-0.4, -0.2) is 45.5 Å². The molecule has 0 aliphatic carbocycles. The monoisotopic (exact) mass is 397 g/mol. The quantitative estimate of drug-likeness (QED) is 0.634. The number of nitrogens with one attached hydrogen (secondary N) is 1. The van der Waals surface area contributed by atoms with E-state index in [2.05, 4.69) is 15.4 Å². The lowest BCUT2D eigenvalue weighted by Crippen LogP contribution is -2.48. The molecule has 2 N–H and O–H groups in total. The maximum atomic E-state index is 14.3. The van der Waals surface area contributed by atoms with Crippen LogP contribution in [0.2, 0.25) is 0 Å². The second-order valence-corrected chi connectivity index (χ2v) is 6.69. The van der Waals surface area contributed by atoms with Gasteiger partial charge in [0.25, 0.3) is 0 Å². The largest absolute Gasteiger partial charge is 0.488 e. The molecule has 150 valence electrons. The minimum absolute atomic E-state index is 0.00780. The SMILES string of the molecule is CN1C(=O)[C@@H](NC(O)c2cc(F)n(Cc3ccccc3)n2)COc2cccnc21. The lowest BCUT2D eigenvalue weighted by Gasteiger charge is -2.21. The third-order valence-corrected chi connectivity index (χ3v) is 4.67. The number of likely N-dealkylation sites (N-methyl/N-ethyl adjacent to an activating group) is 1. The van der Waals surface area contributed by atoms with Gasteiger partial charge in [-0.3, -0.25) is 15.0 Å². The maximum absolute atomic E-state index is 14.3. The zero-order valence-corrected chi connectivity index (χ0v) is 15.7. The molecule has 0 bridgehead atoms. The molecule has 0 fully saturated rings. The van der Waals surface area contributed by atoms with Crippen molar-refractivity contribution in [2.45, 2.75) is 18.8 Å². The number of nitrogens with zero attached hydrogens (tertiary/aromatic N) is 4. The second kappa shape index (κ2) is 7.98. The molecule has 1 amide bonds. The Balaban J connectivity index is 1.48. The van der Waals surface area contributed by atoms with Crippen LogP contribution < -0.4 is 15.0 Å². The Labute approximate surface area is 166 Å². The molecule has 4 rings (SSSR count). The summed E-state index contributed by atoms with van der Waals surface area (Å²) in [6, 6.07) is 13.0. The van der Waals surface area contributed by atoms with E-state index in [0.29, 0.717) is 11.6 Å². The number of halogens is 1. The van der Waals surface area contributed by atoms with Crippen molar-refractivity contribution in [3.63, 3.8) is 0 Å². The van der Waals surface area contributed by atoms with Crippen molar-refractivity contribution in [3.05, 3.63) is 71.9 Å². The fraction of sp³-hybridized carbons (Fsp3) is 0.250. The van der Waals surface area contributed by atoms with Crippen molar-refractivity contribution >= 4 is 11.7 Å². The predicted molar refractivity (Wildman–Crippen MR) is 103 cm³/mol. The Hall–Kier alpha value is -3.30. The molecule has 0 radical (unpaired) electrons. The topological polar surface area (TPSA) is 92.5 Å². The van der Waals surface area contributed by atoms with Crippen LogP contribution >= 0.6 is 0 Å². The summed E-state index contributed by atoms with van der Waals surface area (Å²) in [6.07, 6.45) is 0.221. The van der Waals surface area contributed by atoms with Crippen molar-refractivity contribution in [2.24, 2.45) is 0 Å². The first kappa shape index (κ1) is 19.0. The molecule has 0 saturated heterocycles. The third kappa shape index (κ3) is 3.96. The summed E-state index contributed by atoms with van der Waals surface area (Å²) < 4.78 is 21.1. The molecule has 0 saturated carbocycles. The number of pyridine rings is 1. The molecule has 1 aromatic carbocycles. The van der Waals surface area contributed by atoms with E-state index < -0.39 is 18.2 Å². The summed E-state index contributed by atoms with van der Waals surface area (Å²) in [5.41, 5.74) is 0.955. The Morgan fingerprint density at radius 1 is 1.31 bits per heavy atom. The molecule has 1 unspecified atom stereocenters. The number of carbonyl (C=O) groups excluding carboxylic acids is 1. The van der Waals surface area contributed by atoms with Gasteiger partial charge in [-0.1, -0.05) is 30.3 Å². The highest BCUT2D eigenvalue weighted by atomic mass is 19.1. The Morgan fingerprint density at radius 3 is 2.90 bits per heavy atom. The van der Waals surface area contributed by atoms with Crippen LogP contribution in [0.5, 0.6) is 5.75 Å². The van der Waals surface area contributed by atoms with Gasteiger partial charge in [0.05, 0.1) is 6.54 Å². The first-order chi connectivity index (χ1) is 14.0. The van der Waals surface area contributed by atoms with E-state index in [1.54, 1.807) is 25.4 Å². The molecule has 2 aromatic heterocycles. The summed E-state index contributed by atoms with van der Waals surface area (Å²) in [5, 5.41) is 17.4. The smallest absolute Gasteiger partial charge is 0.248 e. The zero-order valence-electron chi connectivity index (χ0n) is 15.7. The number of aromatic nitrogens is 3. The number of ether oxygens (including phenoxy) is 1. The number of hydrogen-bond acceptors (Lipinski definition) is 6. The summed E-state index contributed by atoms with van der Waals surface area (Å²) in [4.78, 5) is 18.2. The molecule has 1 aliphatic rings. The first-order valence-corrected chi connectivity index (χ1v) is 9.09. The van der Waals surface area contributed by atoms with Crippen molar-refractivity contribution in [3.8, 4) is 5.75 Å². The fourth-order valence-electron chi connectivity index (χ4n) is 3.14. The van der Waals surface area contributed by atoms with E-state index in [-0.39, 0.29) is 24.8 Å². The van der Waals surface area contributed by atoms with Crippen LogP contribution in [-0.2, 0) is 11.3 Å². The molecule has 3 aromatic rings. The van der Waals surface area contributed by atoms with Crippen molar-refractivity contribution in [1.29, 1.82) is 0 Å². The summed E-state index contributed by atoms with van der Waals surface area (Å²) in [5.74, 6) is -0.0395. The van der Waals surface area contributed by atoms with Gasteiger partial charge in [0.2, 0.25) is 11.9 Å². The van der Waals surface area contributed by atoms with E-state index in [9.17, 15) is 14.3 Å². The lowest BCUT2D eigenvalue weighted by atomic mass is 10.2. The van der Waals surface area contributed by atoms with E-state index in [0.717, 1.165) is 16.3 Å². The van der Waals surface area contributed by atoms with Gasteiger partial charge >= 0.3 is 0 Å².